The highest BCUT2D eigenvalue weighted by atomic mass is 32.1. The molecule has 2 rings (SSSR count). The quantitative estimate of drug-likeness (QED) is 0.764. The normalized spacial score (nSPS) is 11.8. The van der Waals surface area contributed by atoms with Crippen molar-refractivity contribution in [3.05, 3.63) is 40.9 Å². The zero-order chi connectivity index (χ0) is 15.9. The molecule has 0 bridgehead atoms. The molecule has 0 spiro atoms. The van der Waals surface area contributed by atoms with Gasteiger partial charge in [-0.3, -0.25) is 0 Å². The molecule has 0 saturated heterocycles. The number of hydrogen-bond acceptors (Lipinski definition) is 5. The number of amides is 2. The number of anilines is 2. The van der Waals surface area contributed by atoms with Crippen LogP contribution in [0.3, 0.4) is 0 Å². The van der Waals surface area contributed by atoms with Gasteiger partial charge in [-0.15, -0.1) is 11.3 Å². The van der Waals surface area contributed by atoms with Crippen molar-refractivity contribution in [2.75, 3.05) is 24.8 Å². The van der Waals surface area contributed by atoms with Crippen molar-refractivity contribution in [2.45, 2.75) is 19.6 Å². The summed E-state index contributed by atoms with van der Waals surface area (Å²) >= 11 is 1.51. The Labute approximate surface area is 133 Å². The molecule has 0 fully saturated rings. The van der Waals surface area contributed by atoms with E-state index in [9.17, 15) is 4.79 Å². The lowest BCUT2D eigenvalue weighted by Crippen LogP contribution is -2.28. The lowest BCUT2D eigenvalue weighted by atomic mass is 10.1. The van der Waals surface area contributed by atoms with Gasteiger partial charge in [0.15, 0.2) is 5.13 Å². The van der Waals surface area contributed by atoms with Gasteiger partial charge in [-0.1, -0.05) is 12.1 Å². The van der Waals surface area contributed by atoms with Crippen LogP contribution >= 0.6 is 11.3 Å². The van der Waals surface area contributed by atoms with E-state index in [0.29, 0.717) is 6.54 Å². The molecule has 1 aromatic heterocycles. The molecular formula is C15H20N4O2S. The van der Waals surface area contributed by atoms with Crippen LogP contribution in [0.2, 0.25) is 0 Å². The highest BCUT2D eigenvalue weighted by Crippen LogP contribution is 2.19. The molecular weight excluding hydrogens is 300 g/mol. The Morgan fingerprint density at radius 2 is 2.27 bits per heavy atom. The average Bonchev–Trinajstić information content (AvgIpc) is 3.00. The topological polar surface area (TPSA) is 75.3 Å². The first-order valence-electron chi connectivity index (χ1n) is 6.92. The van der Waals surface area contributed by atoms with E-state index in [0.717, 1.165) is 22.1 Å². The number of carbonyl (C=O) groups excluding carboxylic acids is 1. The van der Waals surface area contributed by atoms with Crippen LogP contribution in [0.15, 0.2) is 29.6 Å². The summed E-state index contributed by atoms with van der Waals surface area (Å²) in [5.74, 6) is 0. The van der Waals surface area contributed by atoms with Gasteiger partial charge in [-0.2, -0.15) is 0 Å². The van der Waals surface area contributed by atoms with Crippen LogP contribution in [0.5, 0.6) is 0 Å². The first-order valence-corrected chi connectivity index (χ1v) is 7.80. The number of methoxy groups -OCH3 is 1. The Morgan fingerprint density at radius 3 is 2.95 bits per heavy atom. The van der Waals surface area contributed by atoms with Crippen molar-refractivity contribution in [1.82, 2.24) is 10.3 Å². The fraction of sp³-hybridized carbons (Fsp3) is 0.333. The van der Waals surface area contributed by atoms with Crippen molar-refractivity contribution in [1.29, 1.82) is 0 Å². The number of benzene rings is 1. The number of aromatic nitrogens is 1. The van der Waals surface area contributed by atoms with Crippen LogP contribution in [0.4, 0.5) is 15.6 Å². The van der Waals surface area contributed by atoms with Crippen molar-refractivity contribution < 1.29 is 9.53 Å². The van der Waals surface area contributed by atoms with E-state index in [1.54, 1.807) is 7.11 Å². The van der Waals surface area contributed by atoms with E-state index < -0.39 is 0 Å². The van der Waals surface area contributed by atoms with E-state index in [-0.39, 0.29) is 12.1 Å². The first kappa shape index (κ1) is 16.3. The largest absolute Gasteiger partial charge is 0.377 e. The summed E-state index contributed by atoms with van der Waals surface area (Å²) in [5, 5.41) is 11.3. The maximum atomic E-state index is 11.9. The van der Waals surface area contributed by atoms with Gasteiger partial charge in [0.05, 0.1) is 18.3 Å². The minimum absolute atomic E-state index is 0.0141. The van der Waals surface area contributed by atoms with Crippen LogP contribution in [-0.4, -0.2) is 25.2 Å². The number of ether oxygens (including phenoxy) is 1. The molecule has 0 aliphatic heterocycles. The summed E-state index contributed by atoms with van der Waals surface area (Å²) < 4.78 is 5.27. The Bertz CT molecular complexity index is 630. The van der Waals surface area contributed by atoms with Gasteiger partial charge in [-0.05, 0) is 24.6 Å². The Kier molecular flexibility index (Phi) is 5.74. The summed E-state index contributed by atoms with van der Waals surface area (Å²) in [5.41, 5.74) is 2.57. The summed E-state index contributed by atoms with van der Waals surface area (Å²) in [6.45, 7) is 2.35. The smallest absolute Gasteiger partial charge is 0.319 e. The number of nitrogens with one attached hydrogen (secondary N) is 3. The molecule has 6 nitrogen and oxygen atoms in total. The molecule has 7 heteroatoms. The number of urea groups is 1. The zero-order valence-corrected chi connectivity index (χ0v) is 13.7. The third-order valence-corrected chi connectivity index (χ3v) is 4.07. The molecule has 2 amide bonds. The number of thiazole rings is 1. The van der Waals surface area contributed by atoms with Gasteiger partial charge in [0.2, 0.25) is 0 Å². The standard InChI is InChI=1S/C15H20N4O2S/c1-10(21-3)11-5-4-6-12(7-11)18-14(20)17-8-13-9-22-15(16-2)19-13/h4-7,9-10H,8H2,1-3H3,(H,16,19)(H2,17,18,20)/t10-/m0/s1. The van der Waals surface area contributed by atoms with E-state index in [1.807, 2.05) is 43.6 Å². The van der Waals surface area contributed by atoms with Crippen molar-refractivity contribution >= 4 is 28.2 Å². The number of nitrogens with zero attached hydrogens (tertiary/aromatic N) is 1. The Hall–Kier alpha value is -2.12. The average molecular weight is 320 g/mol. The van der Waals surface area contributed by atoms with Gasteiger partial charge in [0, 0.05) is 25.2 Å². The van der Waals surface area contributed by atoms with Crippen LogP contribution in [0.25, 0.3) is 0 Å². The second-order valence-electron chi connectivity index (χ2n) is 4.71. The fourth-order valence-corrected chi connectivity index (χ4v) is 2.53. The molecule has 1 heterocycles. The lowest BCUT2D eigenvalue weighted by molar-refractivity contribution is 0.119. The maximum Gasteiger partial charge on any atom is 0.319 e. The number of hydrogen-bond donors (Lipinski definition) is 3. The van der Waals surface area contributed by atoms with Crippen LogP contribution in [-0.2, 0) is 11.3 Å². The lowest BCUT2D eigenvalue weighted by Gasteiger charge is -2.12. The summed E-state index contributed by atoms with van der Waals surface area (Å²) in [4.78, 5) is 16.2. The second kappa shape index (κ2) is 7.77. The molecule has 0 radical (unpaired) electrons. The highest BCUT2D eigenvalue weighted by molar-refractivity contribution is 7.13. The third-order valence-electron chi connectivity index (χ3n) is 3.16. The van der Waals surface area contributed by atoms with E-state index in [4.69, 9.17) is 4.74 Å². The predicted octanol–water partition coefficient (Wildman–Crippen LogP) is 3.21. The summed E-state index contributed by atoms with van der Waals surface area (Å²) in [7, 11) is 3.47. The molecule has 1 atom stereocenters. The third kappa shape index (κ3) is 4.44. The monoisotopic (exact) mass is 320 g/mol. The minimum atomic E-state index is -0.263. The van der Waals surface area contributed by atoms with Crippen molar-refractivity contribution in [2.24, 2.45) is 0 Å². The van der Waals surface area contributed by atoms with Gasteiger partial charge in [0.25, 0.3) is 0 Å². The molecule has 0 saturated carbocycles. The van der Waals surface area contributed by atoms with E-state index in [1.165, 1.54) is 11.3 Å². The van der Waals surface area contributed by atoms with Gasteiger partial charge in [0.1, 0.15) is 0 Å². The maximum absolute atomic E-state index is 11.9. The minimum Gasteiger partial charge on any atom is -0.377 e. The highest BCUT2D eigenvalue weighted by Gasteiger charge is 2.07. The first-order chi connectivity index (χ1) is 10.6. The van der Waals surface area contributed by atoms with Gasteiger partial charge >= 0.3 is 6.03 Å². The van der Waals surface area contributed by atoms with Gasteiger partial charge in [-0.25, -0.2) is 9.78 Å². The molecule has 118 valence electrons. The molecule has 3 N–H and O–H groups in total. The number of rotatable bonds is 6. The Balaban J connectivity index is 1.89. The molecule has 22 heavy (non-hydrogen) atoms. The summed E-state index contributed by atoms with van der Waals surface area (Å²) in [6.07, 6.45) is -0.0141. The zero-order valence-electron chi connectivity index (χ0n) is 12.8. The molecule has 2 aromatic rings. The molecule has 0 aliphatic rings. The summed E-state index contributed by atoms with van der Waals surface area (Å²) in [6, 6.07) is 7.33. The molecule has 0 aliphatic carbocycles. The van der Waals surface area contributed by atoms with Crippen LogP contribution in [0, 0.1) is 0 Å². The second-order valence-corrected chi connectivity index (χ2v) is 5.56. The number of carbonyl (C=O) groups is 1. The van der Waals surface area contributed by atoms with E-state index >= 15 is 0 Å². The predicted molar refractivity (Wildman–Crippen MR) is 89.4 cm³/mol. The van der Waals surface area contributed by atoms with Crippen LogP contribution < -0.4 is 16.0 Å². The molecule has 0 unspecified atom stereocenters. The SMILES string of the molecule is CNc1nc(CNC(=O)Nc2cccc([C@H](C)OC)c2)cs1. The van der Waals surface area contributed by atoms with Crippen molar-refractivity contribution in [3.63, 3.8) is 0 Å². The fourth-order valence-electron chi connectivity index (χ4n) is 1.85. The Morgan fingerprint density at radius 1 is 1.45 bits per heavy atom. The van der Waals surface area contributed by atoms with Crippen molar-refractivity contribution in [3.8, 4) is 0 Å². The van der Waals surface area contributed by atoms with E-state index in [2.05, 4.69) is 20.9 Å². The molecule has 1 aromatic carbocycles. The van der Waals surface area contributed by atoms with Crippen LogP contribution in [0.1, 0.15) is 24.3 Å². The van der Waals surface area contributed by atoms with Gasteiger partial charge < -0.3 is 20.7 Å².